The standard InChI is InChI=1S/C11H11ClN2O6/c1-5(15)9(11(17)18)13-10(16)6-2-3-8(14(19)20)7(12)4-6/h2-5,9,15H,1H3,(H,13,16)(H,17,18)/t5-,9+/m1/s1. The zero-order valence-corrected chi connectivity index (χ0v) is 11.0. The second-order valence-corrected chi connectivity index (χ2v) is 4.36. The molecule has 0 unspecified atom stereocenters. The molecule has 0 aliphatic rings. The normalized spacial score (nSPS) is 13.3. The maximum absolute atomic E-state index is 11.8. The summed E-state index contributed by atoms with van der Waals surface area (Å²) < 4.78 is 0. The van der Waals surface area contributed by atoms with Crippen LogP contribution >= 0.6 is 11.6 Å². The minimum Gasteiger partial charge on any atom is -0.480 e. The number of aliphatic hydroxyl groups is 1. The summed E-state index contributed by atoms with van der Waals surface area (Å²) in [5.74, 6) is -2.21. The van der Waals surface area contributed by atoms with Crippen LogP contribution in [0.5, 0.6) is 0 Å². The molecule has 108 valence electrons. The van der Waals surface area contributed by atoms with Gasteiger partial charge in [-0.1, -0.05) is 11.6 Å². The van der Waals surface area contributed by atoms with Gasteiger partial charge in [-0.3, -0.25) is 14.9 Å². The lowest BCUT2D eigenvalue weighted by molar-refractivity contribution is -0.384. The molecule has 3 N–H and O–H groups in total. The molecule has 20 heavy (non-hydrogen) atoms. The topological polar surface area (TPSA) is 130 Å². The highest BCUT2D eigenvalue weighted by atomic mass is 35.5. The third-order valence-corrected chi connectivity index (χ3v) is 2.74. The minimum absolute atomic E-state index is 0.0486. The monoisotopic (exact) mass is 302 g/mol. The highest BCUT2D eigenvalue weighted by Gasteiger charge is 2.26. The average Bonchev–Trinajstić information content (AvgIpc) is 2.34. The first kappa shape index (κ1) is 15.9. The minimum atomic E-state index is -1.49. The van der Waals surface area contributed by atoms with Crippen molar-refractivity contribution in [3.05, 3.63) is 38.9 Å². The van der Waals surface area contributed by atoms with Gasteiger partial charge in [0.25, 0.3) is 11.6 Å². The van der Waals surface area contributed by atoms with E-state index in [-0.39, 0.29) is 16.3 Å². The molecule has 1 rings (SSSR count). The summed E-state index contributed by atoms with van der Waals surface area (Å²) in [6.07, 6.45) is -1.30. The number of nitrogens with zero attached hydrogens (tertiary/aromatic N) is 1. The molecular weight excluding hydrogens is 292 g/mol. The quantitative estimate of drug-likeness (QED) is 0.545. The van der Waals surface area contributed by atoms with Crippen LogP contribution in [0, 0.1) is 10.1 Å². The van der Waals surface area contributed by atoms with Gasteiger partial charge in [-0.2, -0.15) is 0 Å². The Morgan fingerprint density at radius 2 is 2.05 bits per heavy atom. The van der Waals surface area contributed by atoms with Crippen molar-refractivity contribution in [2.75, 3.05) is 0 Å². The van der Waals surface area contributed by atoms with Gasteiger partial charge in [0.1, 0.15) is 5.02 Å². The van der Waals surface area contributed by atoms with E-state index in [2.05, 4.69) is 5.32 Å². The van der Waals surface area contributed by atoms with Crippen molar-refractivity contribution in [3.8, 4) is 0 Å². The lowest BCUT2D eigenvalue weighted by Crippen LogP contribution is -2.47. The number of nitrogens with one attached hydrogen (secondary N) is 1. The first-order valence-electron chi connectivity index (χ1n) is 5.39. The number of halogens is 1. The molecule has 1 aromatic carbocycles. The molecule has 0 aliphatic heterocycles. The third-order valence-electron chi connectivity index (χ3n) is 2.44. The molecule has 0 aromatic heterocycles. The van der Waals surface area contributed by atoms with E-state index in [4.69, 9.17) is 16.7 Å². The molecule has 0 bridgehead atoms. The van der Waals surface area contributed by atoms with E-state index < -0.39 is 28.9 Å². The number of amides is 1. The molecule has 1 aromatic rings. The summed E-state index contributed by atoms with van der Waals surface area (Å²) in [5.41, 5.74) is -0.416. The van der Waals surface area contributed by atoms with Gasteiger partial charge in [0.15, 0.2) is 6.04 Å². The van der Waals surface area contributed by atoms with Crippen molar-refractivity contribution in [2.24, 2.45) is 0 Å². The second-order valence-electron chi connectivity index (χ2n) is 3.95. The number of rotatable bonds is 5. The van der Waals surface area contributed by atoms with Crippen molar-refractivity contribution < 1.29 is 24.7 Å². The van der Waals surface area contributed by atoms with Crippen molar-refractivity contribution >= 4 is 29.2 Å². The fourth-order valence-electron chi connectivity index (χ4n) is 1.41. The number of hydrogen-bond acceptors (Lipinski definition) is 5. The average molecular weight is 303 g/mol. The van der Waals surface area contributed by atoms with Crippen LogP contribution in [0.3, 0.4) is 0 Å². The predicted molar refractivity (Wildman–Crippen MR) is 68.7 cm³/mol. The summed E-state index contributed by atoms with van der Waals surface area (Å²) in [6.45, 7) is 1.21. The van der Waals surface area contributed by atoms with Gasteiger partial charge in [-0.15, -0.1) is 0 Å². The Bertz CT molecular complexity index is 560. The van der Waals surface area contributed by atoms with Gasteiger partial charge < -0.3 is 15.5 Å². The number of carbonyl (C=O) groups excluding carboxylic acids is 1. The highest BCUT2D eigenvalue weighted by molar-refractivity contribution is 6.33. The third kappa shape index (κ3) is 3.65. The number of carboxylic acids is 1. The molecule has 9 heteroatoms. The fraction of sp³-hybridized carbons (Fsp3) is 0.273. The van der Waals surface area contributed by atoms with Crippen LogP contribution in [-0.2, 0) is 4.79 Å². The lowest BCUT2D eigenvalue weighted by atomic mass is 10.1. The Kier molecular flexibility index (Phi) is 5.00. The molecule has 0 saturated heterocycles. The second kappa shape index (κ2) is 6.31. The number of aliphatic carboxylic acids is 1. The van der Waals surface area contributed by atoms with Crippen LogP contribution in [0.1, 0.15) is 17.3 Å². The Hall–Kier alpha value is -2.19. The summed E-state index contributed by atoms with van der Waals surface area (Å²) >= 11 is 5.64. The fourth-order valence-corrected chi connectivity index (χ4v) is 1.66. The number of carbonyl (C=O) groups is 2. The number of benzene rings is 1. The molecule has 0 aliphatic carbocycles. The van der Waals surface area contributed by atoms with Crippen LogP contribution < -0.4 is 5.32 Å². The molecule has 1 amide bonds. The largest absolute Gasteiger partial charge is 0.480 e. The molecule has 0 radical (unpaired) electrons. The molecule has 0 saturated carbocycles. The first-order chi connectivity index (χ1) is 9.23. The summed E-state index contributed by atoms with van der Waals surface area (Å²) in [7, 11) is 0. The van der Waals surface area contributed by atoms with E-state index in [1.165, 1.54) is 6.92 Å². The predicted octanol–water partition coefficient (Wildman–Crippen LogP) is 0.812. The molecule has 0 spiro atoms. The molecule has 0 fully saturated rings. The Morgan fingerprint density at radius 3 is 2.45 bits per heavy atom. The molecule has 8 nitrogen and oxygen atoms in total. The van der Waals surface area contributed by atoms with E-state index in [1.807, 2.05) is 0 Å². The van der Waals surface area contributed by atoms with Gasteiger partial charge in [0.05, 0.1) is 11.0 Å². The number of aliphatic hydroxyl groups excluding tert-OH is 1. The number of carboxylic acid groups (broad SMARTS) is 1. The number of nitro benzene ring substituents is 1. The van der Waals surface area contributed by atoms with Gasteiger partial charge >= 0.3 is 5.97 Å². The van der Waals surface area contributed by atoms with Gasteiger partial charge in [0, 0.05) is 11.6 Å². The summed E-state index contributed by atoms with van der Waals surface area (Å²) in [5, 5.41) is 30.5. The van der Waals surface area contributed by atoms with Gasteiger partial charge in [-0.05, 0) is 19.1 Å². The lowest BCUT2D eigenvalue weighted by Gasteiger charge is -2.17. The number of nitro groups is 1. The van der Waals surface area contributed by atoms with Gasteiger partial charge in [0.2, 0.25) is 0 Å². The number of hydrogen-bond donors (Lipinski definition) is 3. The van der Waals surface area contributed by atoms with Crippen LogP contribution in [0.4, 0.5) is 5.69 Å². The molecule has 0 heterocycles. The Labute approximate surface area is 118 Å². The van der Waals surface area contributed by atoms with Crippen LogP contribution in [-0.4, -0.2) is 39.2 Å². The van der Waals surface area contributed by atoms with Crippen LogP contribution in [0.2, 0.25) is 5.02 Å². The maximum Gasteiger partial charge on any atom is 0.328 e. The van der Waals surface area contributed by atoms with Crippen LogP contribution in [0.25, 0.3) is 0 Å². The smallest absolute Gasteiger partial charge is 0.328 e. The van der Waals surface area contributed by atoms with Gasteiger partial charge in [-0.25, -0.2) is 4.79 Å². The Balaban J connectivity index is 2.96. The molecular formula is C11H11ClN2O6. The zero-order chi connectivity index (χ0) is 15.4. The van der Waals surface area contributed by atoms with Crippen molar-refractivity contribution in [3.63, 3.8) is 0 Å². The maximum atomic E-state index is 11.8. The molecule has 2 atom stereocenters. The van der Waals surface area contributed by atoms with Crippen molar-refractivity contribution in [1.82, 2.24) is 5.32 Å². The van der Waals surface area contributed by atoms with Crippen LogP contribution in [0.15, 0.2) is 18.2 Å². The first-order valence-corrected chi connectivity index (χ1v) is 5.77. The van der Waals surface area contributed by atoms with E-state index in [9.17, 15) is 24.8 Å². The van der Waals surface area contributed by atoms with Crippen molar-refractivity contribution in [2.45, 2.75) is 19.1 Å². The van der Waals surface area contributed by atoms with E-state index in [1.54, 1.807) is 0 Å². The van der Waals surface area contributed by atoms with E-state index in [0.29, 0.717) is 0 Å². The van der Waals surface area contributed by atoms with Crippen molar-refractivity contribution in [1.29, 1.82) is 0 Å². The summed E-state index contributed by atoms with van der Waals surface area (Å²) in [6, 6.07) is 1.74. The zero-order valence-electron chi connectivity index (χ0n) is 10.2. The van der Waals surface area contributed by atoms with E-state index >= 15 is 0 Å². The highest BCUT2D eigenvalue weighted by Crippen LogP contribution is 2.24. The Morgan fingerprint density at radius 1 is 1.45 bits per heavy atom. The van der Waals surface area contributed by atoms with E-state index in [0.717, 1.165) is 18.2 Å². The summed E-state index contributed by atoms with van der Waals surface area (Å²) in [4.78, 5) is 32.5. The SMILES string of the molecule is C[C@@H](O)[C@H](NC(=O)c1ccc([N+](=O)[O-])c(Cl)c1)C(=O)O.